The van der Waals surface area contributed by atoms with Crippen LogP contribution >= 0.6 is 0 Å². The highest BCUT2D eigenvalue weighted by molar-refractivity contribution is 6.11. The number of amides is 2. The van der Waals surface area contributed by atoms with E-state index in [0.29, 0.717) is 53.5 Å². The topological polar surface area (TPSA) is 106 Å². The van der Waals surface area contributed by atoms with E-state index in [-0.39, 0.29) is 23.8 Å². The van der Waals surface area contributed by atoms with Crippen molar-refractivity contribution in [3.05, 3.63) is 79.0 Å². The molecule has 216 valence electrons. The largest absolute Gasteiger partial charge is 0.492 e. The first kappa shape index (κ1) is 29.4. The number of para-hydroxylation sites is 1. The number of benzene rings is 1. The fraction of sp³-hybridized carbons (Fsp3) is 0.323. The van der Waals surface area contributed by atoms with Crippen molar-refractivity contribution in [2.45, 2.75) is 45.1 Å². The van der Waals surface area contributed by atoms with E-state index < -0.39 is 23.4 Å². The number of nitrogens with zero attached hydrogens (tertiary/aromatic N) is 2. The molecule has 0 saturated heterocycles. The third kappa shape index (κ3) is 6.26. The highest BCUT2D eigenvalue weighted by Crippen LogP contribution is 2.45. The lowest BCUT2D eigenvalue weighted by molar-refractivity contribution is 0.0218. The summed E-state index contributed by atoms with van der Waals surface area (Å²) in [6.45, 7) is 13.3. The number of H-pyrrole nitrogens is 1. The summed E-state index contributed by atoms with van der Waals surface area (Å²) < 4.78 is 31.6. The summed E-state index contributed by atoms with van der Waals surface area (Å²) in [5.41, 5.74) is 1.77. The third-order valence-corrected chi connectivity index (χ3v) is 6.43. The van der Waals surface area contributed by atoms with E-state index in [0.717, 1.165) is 4.90 Å². The SMILES string of the molecule is C=CCCOc1cnccc1-c1[nH]c2c(c1Nc1cccc(F)c1OC)C(=O)N(C(=O)OC(C)(C)C)CC2CC=C. The summed E-state index contributed by atoms with van der Waals surface area (Å²) in [7, 11) is 1.36. The Bertz CT molecular complexity index is 1460. The Kier molecular flexibility index (Phi) is 8.80. The van der Waals surface area contributed by atoms with Crippen LogP contribution in [0.25, 0.3) is 11.3 Å². The molecular formula is C31H35FN4O5. The Labute approximate surface area is 239 Å². The predicted molar refractivity (Wildman–Crippen MR) is 155 cm³/mol. The first-order chi connectivity index (χ1) is 19.6. The van der Waals surface area contributed by atoms with E-state index >= 15 is 0 Å². The number of fused-ring (bicyclic) bond motifs is 1. The standard InChI is InChI=1S/C31H35FN4O5/c1-7-9-16-40-23-17-33-15-14-20(23)26-27(34-22-13-10-12-21(32)28(22)39-6)24-25(35-26)19(11-8-2)18-36(29(24)37)30(38)41-31(3,4)5/h7-8,10,12-15,17,19,34-35H,1-2,9,11,16,18H2,3-6H3. The van der Waals surface area contributed by atoms with E-state index in [4.69, 9.17) is 14.2 Å². The Hall–Kier alpha value is -4.60. The number of carbonyl (C=O) groups excluding carboxylic acids is 2. The predicted octanol–water partition coefficient (Wildman–Crippen LogP) is 6.97. The number of ether oxygens (including phenoxy) is 3. The number of pyridine rings is 1. The van der Waals surface area contributed by atoms with Crippen LogP contribution in [0.2, 0.25) is 0 Å². The minimum absolute atomic E-state index is 0.0273. The smallest absolute Gasteiger partial charge is 0.417 e. The van der Waals surface area contributed by atoms with Gasteiger partial charge in [0.15, 0.2) is 11.6 Å². The number of nitrogens with one attached hydrogen (secondary N) is 2. The number of carbonyl (C=O) groups is 2. The lowest BCUT2D eigenvalue weighted by Gasteiger charge is -2.32. The van der Waals surface area contributed by atoms with Gasteiger partial charge in [0.25, 0.3) is 5.91 Å². The lowest BCUT2D eigenvalue weighted by Crippen LogP contribution is -2.46. The molecule has 41 heavy (non-hydrogen) atoms. The van der Waals surface area contributed by atoms with Gasteiger partial charge in [0.1, 0.15) is 11.4 Å². The molecule has 1 unspecified atom stereocenters. The molecule has 0 radical (unpaired) electrons. The molecule has 0 fully saturated rings. The van der Waals surface area contributed by atoms with Crippen molar-refractivity contribution in [2.24, 2.45) is 0 Å². The Morgan fingerprint density at radius 2 is 2.05 bits per heavy atom. The molecule has 0 aliphatic carbocycles. The summed E-state index contributed by atoms with van der Waals surface area (Å²) in [5.74, 6) is -0.993. The van der Waals surface area contributed by atoms with Crippen molar-refractivity contribution in [1.29, 1.82) is 0 Å². The zero-order valence-electron chi connectivity index (χ0n) is 23.8. The van der Waals surface area contributed by atoms with Crippen molar-refractivity contribution in [3.8, 4) is 22.8 Å². The second-order valence-electron chi connectivity index (χ2n) is 10.5. The quantitative estimate of drug-likeness (QED) is 0.203. The molecular weight excluding hydrogens is 527 g/mol. The van der Waals surface area contributed by atoms with Gasteiger partial charge in [-0.2, -0.15) is 0 Å². The van der Waals surface area contributed by atoms with Crippen LogP contribution in [0.1, 0.15) is 55.6 Å². The molecule has 9 nitrogen and oxygen atoms in total. The van der Waals surface area contributed by atoms with Crippen LogP contribution in [0.5, 0.6) is 11.5 Å². The van der Waals surface area contributed by atoms with Gasteiger partial charge < -0.3 is 24.5 Å². The maximum absolute atomic E-state index is 14.7. The van der Waals surface area contributed by atoms with Crippen LogP contribution in [0.3, 0.4) is 0 Å². The van der Waals surface area contributed by atoms with Crippen molar-refractivity contribution in [3.63, 3.8) is 0 Å². The molecule has 4 rings (SSSR count). The highest BCUT2D eigenvalue weighted by atomic mass is 19.1. The minimum atomic E-state index is -0.806. The normalized spacial score (nSPS) is 14.7. The fourth-order valence-electron chi connectivity index (χ4n) is 4.68. The van der Waals surface area contributed by atoms with Gasteiger partial charge in [0.05, 0.1) is 42.5 Å². The molecule has 1 aromatic carbocycles. The average molecular weight is 563 g/mol. The van der Waals surface area contributed by atoms with Gasteiger partial charge in [0, 0.05) is 29.9 Å². The van der Waals surface area contributed by atoms with Gasteiger partial charge in [-0.05, 0) is 51.8 Å². The summed E-state index contributed by atoms with van der Waals surface area (Å²) in [6.07, 6.45) is 7.01. The number of hydrogen-bond acceptors (Lipinski definition) is 7. The van der Waals surface area contributed by atoms with E-state index in [9.17, 15) is 14.0 Å². The number of halogens is 1. The van der Waals surface area contributed by atoms with Crippen LogP contribution in [0.15, 0.2) is 62.0 Å². The van der Waals surface area contributed by atoms with Crippen molar-refractivity contribution < 1.29 is 28.2 Å². The number of rotatable bonds is 10. The van der Waals surface area contributed by atoms with Crippen LogP contribution in [0, 0.1) is 5.82 Å². The molecule has 2 aromatic heterocycles. The van der Waals surface area contributed by atoms with Gasteiger partial charge in [0.2, 0.25) is 0 Å². The first-order valence-corrected chi connectivity index (χ1v) is 13.3. The monoisotopic (exact) mass is 562 g/mol. The van der Waals surface area contributed by atoms with Crippen LogP contribution in [-0.4, -0.2) is 52.7 Å². The second kappa shape index (κ2) is 12.3. The average Bonchev–Trinajstić information content (AvgIpc) is 3.29. The summed E-state index contributed by atoms with van der Waals surface area (Å²) in [4.78, 5) is 36.0. The Morgan fingerprint density at radius 3 is 2.73 bits per heavy atom. The van der Waals surface area contributed by atoms with E-state index in [2.05, 4.69) is 28.4 Å². The molecule has 1 atom stereocenters. The van der Waals surface area contributed by atoms with E-state index in [1.165, 1.54) is 19.2 Å². The molecule has 0 spiro atoms. The third-order valence-electron chi connectivity index (χ3n) is 6.43. The van der Waals surface area contributed by atoms with Gasteiger partial charge in [-0.15, -0.1) is 13.2 Å². The Morgan fingerprint density at radius 1 is 1.27 bits per heavy atom. The molecule has 2 amide bonds. The molecule has 3 aromatic rings. The zero-order valence-corrected chi connectivity index (χ0v) is 23.8. The molecule has 0 bridgehead atoms. The van der Waals surface area contributed by atoms with Gasteiger partial charge in [-0.25, -0.2) is 14.1 Å². The summed E-state index contributed by atoms with van der Waals surface area (Å²) in [5, 5.41) is 3.22. The zero-order chi connectivity index (χ0) is 29.7. The van der Waals surface area contributed by atoms with Crippen LogP contribution in [0.4, 0.5) is 20.6 Å². The molecule has 1 aliphatic rings. The van der Waals surface area contributed by atoms with Gasteiger partial charge in [-0.3, -0.25) is 9.78 Å². The van der Waals surface area contributed by atoms with Crippen LogP contribution in [-0.2, 0) is 4.74 Å². The van der Waals surface area contributed by atoms with Crippen molar-refractivity contribution >= 4 is 23.4 Å². The van der Waals surface area contributed by atoms with Crippen molar-refractivity contribution in [1.82, 2.24) is 14.9 Å². The molecule has 10 heteroatoms. The highest BCUT2D eigenvalue weighted by Gasteiger charge is 2.41. The number of imide groups is 1. The van der Waals surface area contributed by atoms with E-state index in [1.54, 1.807) is 57.4 Å². The molecule has 1 aliphatic heterocycles. The number of allylic oxidation sites excluding steroid dienone is 1. The molecule has 2 N–H and O–H groups in total. The number of aromatic amines is 1. The lowest BCUT2D eigenvalue weighted by atomic mass is 9.92. The van der Waals surface area contributed by atoms with E-state index in [1.807, 2.05) is 0 Å². The van der Waals surface area contributed by atoms with Crippen LogP contribution < -0.4 is 14.8 Å². The molecule has 3 heterocycles. The summed E-state index contributed by atoms with van der Waals surface area (Å²) in [6, 6.07) is 6.21. The number of anilines is 2. The van der Waals surface area contributed by atoms with Gasteiger partial charge >= 0.3 is 6.09 Å². The maximum atomic E-state index is 14.7. The number of hydrogen-bond donors (Lipinski definition) is 2. The molecule has 0 saturated carbocycles. The number of methoxy groups -OCH3 is 1. The minimum Gasteiger partial charge on any atom is -0.492 e. The Balaban J connectivity index is 1.94. The second-order valence-corrected chi connectivity index (χ2v) is 10.5. The number of aromatic nitrogens is 2. The first-order valence-electron chi connectivity index (χ1n) is 13.3. The fourth-order valence-corrected chi connectivity index (χ4v) is 4.68. The van der Waals surface area contributed by atoms with Crippen molar-refractivity contribution in [2.75, 3.05) is 25.6 Å². The van der Waals surface area contributed by atoms with Gasteiger partial charge in [-0.1, -0.05) is 18.2 Å². The summed E-state index contributed by atoms with van der Waals surface area (Å²) >= 11 is 0. The maximum Gasteiger partial charge on any atom is 0.417 e.